The van der Waals surface area contributed by atoms with E-state index in [2.05, 4.69) is 15.9 Å². The molecule has 1 rings (SSSR count). The van der Waals surface area contributed by atoms with Crippen LogP contribution in [0.25, 0.3) is 0 Å². The van der Waals surface area contributed by atoms with Crippen LogP contribution >= 0.6 is 15.9 Å². The van der Waals surface area contributed by atoms with Crippen LogP contribution < -0.4 is 0 Å². The van der Waals surface area contributed by atoms with Crippen LogP contribution in [0.15, 0.2) is 10.5 Å². The smallest absolute Gasteiger partial charge is 0.309 e. The number of halogens is 2. The fraction of sp³-hybridized carbons (Fsp3) is 0.364. The minimum absolute atomic E-state index is 0.0210. The van der Waals surface area contributed by atoms with Crippen LogP contribution in [0.5, 0.6) is 11.5 Å². The molecule has 0 aliphatic rings. The van der Waals surface area contributed by atoms with Crippen molar-refractivity contribution in [3.63, 3.8) is 0 Å². The second kappa shape index (κ2) is 4.52. The molecule has 0 radical (unpaired) electrons. The van der Waals surface area contributed by atoms with Gasteiger partial charge in [-0.1, -0.05) is 15.9 Å². The number of carboxylic acid groups (broad SMARTS) is 1. The molecule has 0 aliphatic carbocycles. The molecule has 0 heterocycles. The molecule has 4 nitrogen and oxygen atoms in total. The minimum Gasteiger partial charge on any atom is -0.504 e. The van der Waals surface area contributed by atoms with E-state index in [9.17, 15) is 19.4 Å². The van der Waals surface area contributed by atoms with Crippen LogP contribution in [0, 0.1) is 11.2 Å². The van der Waals surface area contributed by atoms with Crippen molar-refractivity contribution < 1.29 is 24.5 Å². The van der Waals surface area contributed by atoms with Gasteiger partial charge in [0.1, 0.15) is 0 Å². The zero-order valence-electron chi connectivity index (χ0n) is 9.29. The Morgan fingerprint density at radius 2 is 2.00 bits per heavy atom. The van der Waals surface area contributed by atoms with Gasteiger partial charge >= 0.3 is 5.97 Å². The van der Waals surface area contributed by atoms with Crippen LogP contribution in [0.2, 0.25) is 0 Å². The third-order valence-electron chi connectivity index (χ3n) is 2.46. The predicted octanol–water partition coefficient (Wildman–Crippen LogP) is 2.65. The van der Waals surface area contributed by atoms with Crippen molar-refractivity contribution in [1.29, 1.82) is 0 Å². The minimum atomic E-state index is -1.17. The second-order valence-electron chi connectivity index (χ2n) is 4.38. The normalized spacial score (nSPS) is 11.5. The van der Waals surface area contributed by atoms with Crippen molar-refractivity contribution in [2.24, 2.45) is 5.41 Å². The first-order valence-corrected chi connectivity index (χ1v) is 5.58. The topological polar surface area (TPSA) is 77.8 Å². The summed E-state index contributed by atoms with van der Waals surface area (Å²) >= 11 is 3.03. The van der Waals surface area contributed by atoms with Gasteiger partial charge in [0.05, 0.1) is 5.41 Å². The summed E-state index contributed by atoms with van der Waals surface area (Å²) in [4.78, 5) is 11.0. The number of hydrogen-bond acceptors (Lipinski definition) is 3. The lowest BCUT2D eigenvalue weighted by molar-refractivity contribution is -0.146. The molecule has 0 unspecified atom stereocenters. The maximum absolute atomic E-state index is 13.7. The van der Waals surface area contributed by atoms with Gasteiger partial charge in [-0.3, -0.25) is 4.79 Å². The Balaban J connectivity index is 3.25. The molecule has 0 atom stereocenters. The predicted molar refractivity (Wildman–Crippen MR) is 62.6 cm³/mol. The number of aliphatic carboxylic acids is 1. The van der Waals surface area contributed by atoms with E-state index >= 15 is 0 Å². The molecular weight excluding hydrogens is 295 g/mol. The molecule has 0 bridgehead atoms. The third kappa shape index (κ3) is 2.69. The number of phenols is 2. The van der Waals surface area contributed by atoms with Gasteiger partial charge in [0.25, 0.3) is 0 Å². The highest BCUT2D eigenvalue weighted by atomic mass is 79.9. The van der Waals surface area contributed by atoms with Crippen molar-refractivity contribution in [1.82, 2.24) is 0 Å². The lowest BCUT2D eigenvalue weighted by Gasteiger charge is -2.20. The van der Waals surface area contributed by atoms with E-state index in [0.29, 0.717) is 0 Å². The monoisotopic (exact) mass is 306 g/mol. The number of hydrogen-bond donors (Lipinski definition) is 3. The highest BCUT2D eigenvalue weighted by Gasteiger charge is 2.30. The maximum atomic E-state index is 13.7. The molecule has 0 aromatic heterocycles. The first kappa shape index (κ1) is 13.8. The van der Waals surface area contributed by atoms with E-state index < -0.39 is 28.7 Å². The molecule has 0 fully saturated rings. The van der Waals surface area contributed by atoms with E-state index in [0.717, 1.165) is 6.07 Å². The highest BCUT2D eigenvalue weighted by molar-refractivity contribution is 9.10. The Labute approximate surface area is 106 Å². The molecule has 1 aromatic rings. The summed E-state index contributed by atoms with van der Waals surface area (Å²) < 4.78 is 13.9. The average Bonchev–Trinajstić information content (AvgIpc) is 2.21. The number of aromatic hydroxyl groups is 2. The number of carboxylic acids is 1. The Morgan fingerprint density at radius 1 is 1.47 bits per heavy atom. The first-order valence-electron chi connectivity index (χ1n) is 4.79. The summed E-state index contributed by atoms with van der Waals surface area (Å²) in [7, 11) is 0. The molecule has 3 N–H and O–H groups in total. The lowest BCUT2D eigenvalue weighted by Crippen LogP contribution is -2.26. The molecule has 0 aliphatic heterocycles. The van der Waals surface area contributed by atoms with Gasteiger partial charge in [0.15, 0.2) is 17.3 Å². The Kier molecular flexibility index (Phi) is 3.66. The van der Waals surface area contributed by atoms with Gasteiger partial charge in [0, 0.05) is 10.0 Å². The van der Waals surface area contributed by atoms with Crippen LogP contribution in [0.4, 0.5) is 4.39 Å². The summed E-state index contributed by atoms with van der Waals surface area (Å²) in [5.41, 5.74) is -1.15. The standard InChI is InChI=1S/C11H12BrFO4/c1-11(2,10(16)17)4-5-6(12)3-7(14)9(15)8(5)13/h3,14-15H,4H2,1-2H3,(H,16,17). The molecular formula is C11H12BrFO4. The van der Waals surface area contributed by atoms with Crippen molar-refractivity contribution in [3.8, 4) is 11.5 Å². The number of carbonyl (C=O) groups is 1. The first-order chi connectivity index (χ1) is 7.66. The Hall–Kier alpha value is -1.30. The van der Waals surface area contributed by atoms with Crippen molar-refractivity contribution in [2.75, 3.05) is 0 Å². The van der Waals surface area contributed by atoms with E-state index in [1.165, 1.54) is 13.8 Å². The molecule has 6 heteroatoms. The number of rotatable bonds is 3. The lowest BCUT2D eigenvalue weighted by atomic mass is 9.85. The fourth-order valence-corrected chi connectivity index (χ4v) is 1.85. The molecule has 17 heavy (non-hydrogen) atoms. The quantitative estimate of drug-likeness (QED) is 0.750. The number of benzene rings is 1. The summed E-state index contributed by atoms with van der Waals surface area (Å²) in [5, 5.41) is 27.4. The molecule has 0 amide bonds. The van der Waals surface area contributed by atoms with Crippen LogP contribution in [-0.4, -0.2) is 21.3 Å². The molecule has 0 spiro atoms. The molecule has 94 valence electrons. The summed E-state index contributed by atoms with van der Waals surface area (Å²) in [6.07, 6.45) is -0.109. The Bertz CT molecular complexity index is 471. The third-order valence-corrected chi connectivity index (χ3v) is 3.17. The zero-order chi connectivity index (χ0) is 13.4. The summed E-state index contributed by atoms with van der Waals surface area (Å²) in [6.45, 7) is 2.90. The molecule has 0 saturated carbocycles. The van der Waals surface area contributed by atoms with Crippen LogP contribution in [0.3, 0.4) is 0 Å². The van der Waals surface area contributed by atoms with Gasteiger partial charge in [-0.05, 0) is 26.3 Å². The molecule has 1 aromatic carbocycles. The van der Waals surface area contributed by atoms with Gasteiger partial charge < -0.3 is 15.3 Å². The zero-order valence-corrected chi connectivity index (χ0v) is 10.9. The van der Waals surface area contributed by atoms with Crippen LogP contribution in [0.1, 0.15) is 19.4 Å². The van der Waals surface area contributed by atoms with Crippen molar-refractivity contribution in [3.05, 3.63) is 21.9 Å². The van der Waals surface area contributed by atoms with E-state index in [1.54, 1.807) is 0 Å². The average molecular weight is 307 g/mol. The summed E-state index contributed by atoms with van der Waals surface area (Å²) in [5.74, 6) is -3.54. The van der Waals surface area contributed by atoms with E-state index in [1.807, 2.05) is 0 Å². The van der Waals surface area contributed by atoms with E-state index in [4.69, 9.17) is 5.11 Å². The number of phenolic OH excluding ortho intramolecular Hbond substituents is 2. The summed E-state index contributed by atoms with van der Waals surface area (Å²) in [6, 6.07) is 1.13. The molecule has 0 saturated heterocycles. The van der Waals surface area contributed by atoms with Gasteiger partial charge in [-0.15, -0.1) is 0 Å². The van der Waals surface area contributed by atoms with Gasteiger partial charge in [-0.25, -0.2) is 4.39 Å². The van der Waals surface area contributed by atoms with Gasteiger partial charge in [0.2, 0.25) is 0 Å². The van der Waals surface area contributed by atoms with Crippen molar-refractivity contribution >= 4 is 21.9 Å². The largest absolute Gasteiger partial charge is 0.504 e. The Morgan fingerprint density at radius 3 is 2.47 bits per heavy atom. The fourth-order valence-electron chi connectivity index (χ4n) is 1.32. The van der Waals surface area contributed by atoms with E-state index in [-0.39, 0.29) is 16.5 Å². The second-order valence-corrected chi connectivity index (χ2v) is 5.24. The SMILES string of the molecule is CC(C)(Cc1c(Br)cc(O)c(O)c1F)C(=O)O. The highest BCUT2D eigenvalue weighted by Crippen LogP contribution is 2.38. The van der Waals surface area contributed by atoms with Crippen molar-refractivity contribution in [2.45, 2.75) is 20.3 Å². The maximum Gasteiger partial charge on any atom is 0.309 e. The van der Waals surface area contributed by atoms with Crippen LogP contribution in [-0.2, 0) is 11.2 Å². The van der Waals surface area contributed by atoms with Gasteiger partial charge in [-0.2, -0.15) is 0 Å².